The predicted molar refractivity (Wildman–Crippen MR) is 204 cm³/mol. The van der Waals surface area contributed by atoms with Crippen LogP contribution in [0, 0.1) is 6.92 Å². The van der Waals surface area contributed by atoms with Crippen molar-refractivity contribution in [1.29, 1.82) is 0 Å². The van der Waals surface area contributed by atoms with Crippen LogP contribution in [-0.2, 0) is 0 Å². The Balaban J connectivity index is 1.33. The summed E-state index contributed by atoms with van der Waals surface area (Å²) in [6.45, 7) is 2.08. The van der Waals surface area contributed by atoms with E-state index < -0.39 is 0 Å². The Morgan fingerprint density at radius 3 is 2.02 bits per heavy atom. The lowest BCUT2D eigenvalue weighted by Gasteiger charge is -2.20. The number of hydrogen-bond acceptors (Lipinski definition) is 2. The summed E-state index contributed by atoms with van der Waals surface area (Å²) in [6.07, 6.45) is 0. The molecule has 0 atom stereocenters. The van der Waals surface area contributed by atoms with Crippen molar-refractivity contribution in [2.24, 2.45) is 0 Å². The molecular formula is C46H30N2O. The Bertz CT molecular complexity index is 2890. The fourth-order valence-electron chi connectivity index (χ4n) is 7.85. The minimum absolute atomic E-state index is 0.898. The molecule has 10 aromatic rings. The highest BCUT2D eigenvalue weighted by Crippen LogP contribution is 2.48. The van der Waals surface area contributed by atoms with Crippen LogP contribution in [-0.4, -0.2) is 9.55 Å². The number of benzene rings is 8. The summed E-state index contributed by atoms with van der Waals surface area (Å²) < 4.78 is 8.67. The van der Waals surface area contributed by atoms with E-state index in [-0.39, 0.29) is 0 Å². The Labute approximate surface area is 283 Å². The number of furan rings is 1. The molecule has 0 saturated carbocycles. The van der Waals surface area contributed by atoms with Crippen molar-refractivity contribution < 1.29 is 4.42 Å². The second-order valence-corrected chi connectivity index (χ2v) is 12.7. The number of aromatic nitrogens is 2. The molecular weight excluding hydrogens is 597 g/mol. The van der Waals surface area contributed by atoms with E-state index >= 15 is 0 Å². The zero-order chi connectivity index (χ0) is 32.5. The quantitative estimate of drug-likeness (QED) is 0.182. The van der Waals surface area contributed by atoms with Gasteiger partial charge in [-0.05, 0) is 104 Å². The molecule has 8 aromatic carbocycles. The van der Waals surface area contributed by atoms with Crippen LogP contribution in [0.4, 0.5) is 0 Å². The highest BCUT2D eigenvalue weighted by Gasteiger charge is 2.21. The summed E-state index contributed by atoms with van der Waals surface area (Å²) in [5.74, 6) is 0.969. The van der Waals surface area contributed by atoms with Crippen molar-refractivity contribution in [2.45, 2.75) is 6.92 Å². The number of para-hydroxylation sites is 3. The fourth-order valence-corrected chi connectivity index (χ4v) is 7.85. The average Bonchev–Trinajstić information content (AvgIpc) is 3.71. The molecule has 0 radical (unpaired) electrons. The van der Waals surface area contributed by atoms with Crippen LogP contribution in [0.15, 0.2) is 168 Å². The van der Waals surface area contributed by atoms with Crippen molar-refractivity contribution in [3.05, 3.63) is 170 Å². The van der Waals surface area contributed by atoms with E-state index in [9.17, 15) is 0 Å². The molecule has 0 N–H and O–H groups in total. The van der Waals surface area contributed by atoms with Gasteiger partial charge in [0.15, 0.2) is 0 Å². The van der Waals surface area contributed by atoms with E-state index in [1.54, 1.807) is 0 Å². The molecule has 0 aliphatic carbocycles. The zero-order valence-electron chi connectivity index (χ0n) is 26.9. The van der Waals surface area contributed by atoms with E-state index in [0.29, 0.717) is 0 Å². The molecule has 0 bridgehead atoms. The van der Waals surface area contributed by atoms with Gasteiger partial charge < -0.3 is 4.42 Å². The maximum atomic E-state index is 6.41. The Morgan fingerprint density at radius 2 is 1.14 bits per heavy atom. The van der Waals surface area contributed by atoms with Crippen molar-refractivity contribution >= 4 is 54.5 Å². The first-order chi connectivity index (χ1) is 24.2. The van der Waals surface area contributed by atoms with E-state index in [2.05, 4.69) is 163 Å². The third kappa shape index (κ3) is 4.26. The maximum absolute atomic E-state index is 6.41. The molecule has 10 rings (SSSR count). The minimum atomic E-state index is 0.898. The largest absolute Gasteiger partial charge is 0.456 e. The van der Waals surface area contributed by atoms with Crippen LogP contribution in [0.3, 0.4) is 0 Å². The standard InChI is InChI=1S/C46H30N2O/c1-29-47-40-21-8-9-22-41(40)48(29)33-16-11-15-32(27-33)44-34-17-5-6-18-35(34)45(39-28-31(25-26-36(39)44)30-13-3-2-4-14-30)38-20-12-24-43-46(38)37-19-7-10-23-42(37)49-43/h2-28H,1H3. The van der Waals surface area contributed by atoms with Gasteiger partial charge in [-0.25, -0.2) is 4.98 Å². The summed E-state index contributed by atoms with van der Waals surface area (Å²) in [6, 6.07) is 58.6. The Morgan fingerprint density at radius 1 is 0.469 bits per heavy atom. The number of rotatable bonds is 4. The van der Waals surface area contributed by atoms with Gasteiger partial charge in [0.25, 0.3) is 0 Å². The SMILES string of the molecule is Cc1nc2ccccc2n1-c1cccc(-c2c3ccccc3c(-c3cccc4oc5ccccc5c34)c3cc(-c4ccccc4)ccc23)c1. The van der Waals surface area contributed by atoms with Crippen molar-refractivity contribution in [3.63, 3.8) is 0 Å². The number of aryl methyl sites for hydroxylation is 1. The number of hydrogen-bond donors (Lipinski definition) is 0. The molecule has 0 amide bonds. The number of nitrogens with zero attached hydrogens (tertiary/aromatic N) is 2. The molecule has 3 nitrogen and oxygen atoms in total. The van der Waals surface area contributed by atoms with Gasteiger partial charge in [0, 0.05) is 16.5 Å². The van der Waals surface area contributed by atoms with Crippen LogP contribution in [0.2, 0.25) is 0 Å². The average molecular weight is 627 g/mol. The normalized spacial score (nSPS) is 11.8. The maximum Gasteiger partial charge on any atom is 0.136 e. The molecule has 2 aromatic heterocycles. The van der Waals surface area contributed by atoms with Gasteiger partial charge in [-0.2, -0.15) is 0 Å². The summed E-state index contributed by atoms with van der Waals surface area (Å²) in [4.78, 5) is 4.87. The van der Waals surface area contributed by atoms with Gasteiger partial charge in [-0.3, -0.25) is 4.57 Å². The smallest absolute Gasteiger partial charge is 0.136 e. The first-order valence-corrected chi connectivity index (χ1v) is 16.7. The molecule has 3 heteroatoms. The first kappa shape index (κ1) is 27.6. The highest BCUT2D eigenvalue weighted by molar-refractivity contribution is 6.26. The van der Waals surface area contributed by atoms with Gasteiger partial charge in [-0.15, -0.1) is 0 Å². The third-order valence-corrected chi connectivity index (χ3v) is 9.92. The Hall–Kier alpha value is -6.45. The molecule has 0 unspecified atom stereocenters. The van der Waals surface area contributed by atoms with Crippen molar-refractivity contribution in [3.8, 4) is 39.1 Å². The van der Waals surface area contributed by atoms with E-state index in [0.717, 1.165) is 44.5 Å². The van der Waals surface area contributed by atoms with Gasteiger partial charge in [0.05, 0.1) is 11.0 Å². The van der Waals surface area contributed by atoms with Crippen LogP contribution in [0.5, 0.6) is 0 Å². The second-order valence-electron chi connectivity index (χ2n) is 12.7. The number of fused-ring (bicyclic) bond motifs is 6. The van der Waals surface area contributed by atoms with Crippen molar-refractivity contribution in [1.82, 2.24) is 9.55 Å². The Kier molecular flexibility index (Phi) is 6.09. The third-order valence-electron chi connectivity index (χ3n) is 9.92. The van der Waals surface area contributed by atoms with Gasteiger partial charge in [0.2, 0.25) is 0 Å². The van der Waals surface area contributed by atoms with Crippen LogP contribution in [0.25, 0.3) is 93.6 Å². The molecule has 0 fully saturated rings. The summed E-state index contributed by atoms with van der Waals surface area (Å²) >= 11 is 0. The fraction of sp³-hybridized carbons (Fsp3) is 0.0217. The monoisotopic (exact) mass is 626 g/mol. The van der Waals surface area contributed by atoms with Crippen molar-refractivity contribution in [2.75, 3.05) is 0 Å². The summed E-state index contributed by atoms with van der Waals surface area (Å²) in [5, 5.41) is 7.12. The lowest BCUT2D eigenvalue weighted by atomic mass is 9.84. The molecule has 49 heavy (non-hydrogen) atoms. The van der Waals surface area contributed by atoms with Crippen LogP contribution < -0.4 is 0 Å². The zero-order valence-corrected chi connectivity index (χ0v) is 26.9. The molecule has 0 aliphatic rings. The van der Waals surface area contributed by atoms with E-state index in [1.807, 2.05) is 12.1 Å². The lowest BCUT2D eigenvalue weighted by Crippen LogP contribution is -1.98. The van der Waals surface area contributed by atoms with E-state index in [4.69, 9.17) is 9.40 Å². The summed E-state index contributed by atoms with van der Waals surface area (Å²) in [5.41, 5.74) is 12.2. The molecule has 2 heterocycles. The van der Waals surface area contributed by atoms with Crippen LogP contribution >= 0.6 is 0 Å². The highest BCUT2D eigenvalue weighted by atomic mass is 16.3. The topological polar surface area (TPSA) is 31.0 Å². The molecule has 0 aliphatic heterocycles. The predicted octanol–water partition coefficient (Wildman–Crippen LogP) is 12.5. The molecule has 0 spiro atoms. The van der Waals surface area contributed by atoms with Gasteiger partial charge in [-0.1, -0.05) is 121 Å². The molecule has 0 saturated heterocycles. The van der Waals surface area contributed by atoms with E-state index in [1.165, 1.54) is 54.9 Å². The second kappa shape index (κ2) is 10.8. The lowest BCUT2D eigenvalue weighted by molar-refractivity contribution is 0.669. The minimum Gasteiger partial charge on any atom is -0.456 e. The number of imidazole rings is 1. The van der Waals surface area contributed by atoms with Gasteiger partial charge >= 0.3 is 0 Å². The van der Waals surface area contributed by atoms with Gasteiger partial charge in [0.1, 0.15) is 17.0 Å². The first-order valence-electron chi connectivity index (χ1n) is 16.7. The molecule has 230 valence electrons. The van der Waals surface area contributed by atoms with Crippen LogP contribution in [0.1, 0.15) is 5.82 Å². The summed E-state index contributed by atoms with van der Waals surface area (Å²) in [7, 11) is 0.